The third kappa shape index (κ3) is 6.64. The maximum Gasteiger partial charge on any atom is 0.224 e. The summed E-state index contributed by atoms with van der Waals surface area (Å²) < 4.78 is 5.76. The lowest BCUT2D eigenvalue weighted by molar-refractivity contribution is -0.0708. The summed E-state index contributed by atoms with van der Waals surface area (Å²) in [4.78, 5) is 9.05. The highest BCUT2D eigenvalue weighted by Gasteiger charge is 2.55. The molecule has 5 saturated carbocycles. The van der Waals surface area contributed by atoms with Gasteiger partial charge in [0.25, 0.3) is 0 Å². The minimum atomic E-state index is 0.116. The van der Waals surface area contributed by atoms with Crippen LogP contribution in [0.15, 0.2) is 30.5 Å². The van der Waals surface area contributed by atoms with Gasteiger partial charge in [-0.05, 0) is 105 Å². The highest BCUT2D eigenvalue weighted by molar-refractivity contribution is 6.31. The molecule has 9 heteroatoms. The van der Waals surface area contributed by atoms with Gasteiger partial charge in [-0.2, -0.15) is 10.2 Å². The highest BCUT2D eigenvalue weighted by atomic mass is 35.5. The largest absolute Gasteiger partial charge is 0.394 e. The van der Waals surface area contributed by atoms with Crippen LogP contribution in [0.25, 0.3) is 0 Å². The summed E-state index contributed by atoms with van der Waals surface area (Å²) in [5.41, 5.74) is 1.74. The van der Waals surface area contributed by atoms with E-state index in [1.807, 2.05) is 24.3 Å². The summed E-state index contributed by atoms with van der Waals surface area (Å²) in [7, 11) is 0. The number of rotatable bonds is 12. The fourth-order valence-corrected chi connectivity index (χ4v) is 8.74. The molecule has 1 heterocycles. The zero-order valence-corrected chi connectivity index (χ0v) is 24.6. The number of nitrogens with one attached hydrogen (secondary N) is 3. The van der Waals surface area contributed by atoms with Crippen LogP contribution in [0.2, 0.25) is 5.02 Å². The van der Waals surface area contributed by atoms with Gasteiger partial charge in [0, 0.05) is 24.2 Å². The van der Waals surface area contributed by atoms with Crippen molar-refractivity contribution in [3.63, 3.8) is 0 Å². The number of halogens is 1. The maximum absolute atomic E-state index is 9.74. The van der Waals surface area contributed by atoms with Gasteiger partial charge in [-0.25, -0.2) is 4.98 Å². The minimum Gasteiger partial charge on any atom is -0.394 e. The molecule has 5 aliphatic rings. The number of nitriles is 1. The average molecular weight is 579 g/mol. The first-order chi connectivity index (χ1) is 20.0. The smallest absolute Gasteiger partial charge is 0.224 e. The van der Waals surface area contributed by atoms with Gasteiger partial charge in [0.05, 0.1) is 25.5 Å². The number of hydrogen-bond acceptors (Lipinski definition) is 8. The van der Waals surface area contributed by atoms with E-state index in [9.17, 15) is 5.26 Å². The zero-order chi connectivity index (χ0) is 28.2. The van der Waals surface area contributed by atoms with Gasteiger partial charge in [-0.3, -0.25) is 0 Å². The molecule has 5 atom stereocenters. The summed E-state index contributed by atoms with van der Waals surface area (Å²) in [6.45, 7) is 3.08. The van der Waals surface area contributed by atoms with E-state index in [-0.39, 0.29) is 12.0 Å². The highest BCUT2D eigenvalue weighted by Crippen LogP contribution is 2.60. The molecule has 0 spiro atoms. The second-order valence-corrected chi connectivity index (χ2v) is 13.4. The lowest BCUT2D eigenvalue weighted by Gasteiger charge is -2.60. The molecule has 4 N–H and O–H groups in total. The number of anilines is 2. The molecule has 1 aromatic carbocycles. The van der Waals surface area contributed by atoms with Gasteiger partial charge in [-0.15, -0.1) is 0 Å². The van der Waals surface area contributed by atoms with Crippen molar-refractivity contribution in [3.05, 3.63) is 46.6 Å². The molecule has 8 nitrogen and oxygen atoms in total. The average Bonchev–Trinajstić information content (AvgIpc) is 2.98. The predicted molar refractivity (Wildman–Crippen MR) is 161 cm³/mol. The topological polar surface area (TPSA) is 115 Å². The van der Waals surface area contributed by atoms with E-state index in [1.165, 1.54) is 44.9 Å². The van der Waals surface area contributed by atoms with Crippen molar-refractivity contribution >= 4 is 23.4 Å². The van der Waals surface area contributed by atoms with Crippen molar-refractivity contribution in [2.75, 3.05) is 36.9 Å². The van der Waals surface area contributed by atoms with Crippen LogP contribution < -0.4 is 16.0 Å². The van der Waals surface area contributed by atoms with Crippen molar-refractivity contribution in [1.82, 2.24) is 15.3 Å². The fourth-order valence-electron chi connectivity index (χ4n) is 8.54. The predicted octanol–water partition coefficient (Wildman–Crippen LogP) is 5.38. The molecule has 0 amide bonds. The summed E-state index contributed by atoms with van der Waals surface area (Å²) >= 11 is 6.31. The Kier molecular flexibility index (Phi) is 8.97. The number of nitrogens with zero attached hydrogens (tertiary/aromatic N) is 3. The first-order valence-corrected chi connectivity index (χ1v) is 15.9. The number of aliphatic hydroxyl groups excluding tert-OH is 1. The summed E-state index contributed by atoms with van der Waals surface area (Å²) in [5.74, 6) is 4.14. The molecule has 1 aromatic heterocycles. The van der Waals surface area contributed by atoms with Crippen molar-refractivity contribution in [2.24, 2.45) is 29.1 Å². The monoisotopic (exact) mass is 578 g/mol. The van der Waals surface area contributed by atoms with Gasteiger partial charge in [0.15, 0.2) is 0 Å². The van der Waals surface area contributed by atoms with Gasteiger partial charge in [-0.1, -0.05) is 29.8 Å². The Labute approximate surface area is 248 Å². The molecule has 220 valence electrons. The summed E-state index contributed by atoms with van der Waals surface area (Å²) in [6.07, 6.45) is 13.1. The maximum atomic E-state index is 9.74. The Morgan fingerprint density at radius 1 is 1.07 bits per heavy atom. The molecule has 5 aliphatic carbocycles. The van der Waals surface area contributed by atoms with Crippen LogP contribution >= 0.6 is 11.6 Å². The van der Waals surface area contributed by atoms with E-state index in [4.69, 9.17) is 26.4 Å². The zero-order valence-electron chi connectivity index (χ0n) is 23.8. The van der Waals surface area contributed by atoms with Crippen LogP contribution in [0.3, 0.4) is 0 Å². The van der Waals surface area contributed by atoms with Crippen molar-refractivity contribution in [2.45, 2.75) is 76.5 Å². The third-order valence-electron chi connectivity index (χ3n) is 10.2. The van der Waals surface area contributed by atoms with Crippen molar-refractivity contribution in [1.29, 1.82) is 5.26 Å². The Morgan fingerprint density at radius 3 is 2.59 bits per heavy atom. The van der Waals surface area contributed by atoms with Gasteiger partial charge >= 0.3 is 0 Å². The van der Waals surface area contributed by atoms with E-state index < -0.39 is 0 Å². The normalized spacial score (nSPS) is 32.0. The molecule has 5 fully saturated rings. The lowest BCUT2D eigenvalue weighted by atomic mass is 9.48. The van der Waals surface area contributed by atoms with E-state index in [1.54, 1.807) is 6.20 Å². The Hall–Kier alpha value is -2.44. The SMILES string of the molecule is N#Cc1cnc(NCc2ccccc2Cl)nc1NCC12CC3C[C@H](C1)C(NCC1CCC(OCCO)CC1)[C@@H](C3)C2. The first-order valence-electron chi connectivity index (χ1n) is 15.5. The fraction of sp³-hybridized carbons (Fsp3) is 0.656. The van der Waals surface area contributed by atoms with Crippen LogP contribution in [0, 0.1) is 40.4 Å². The molecular formula is C32H43ClN6O2. The molecule has 41 heavy (non-hydrogen) atoms. The third-order valence-corrected chi connectivity index (χ3v) is 10.6. The van der Waals surface area contributed by atoms with Gasteiger partial charge in [0.2, 0.25) is 5.95 Å². The van der Waals surface area contributed by atoms with E-state index in [0.29, 0.717) is 47.6 Å². The van der Waals surface area contributed by atoms with Crippen LogP contribution in [-0.2, 0) is 11.3 Å². The second kappa shape index (κ2) is 12.8. The molecule has 3 unspecified atom stereocenters. The molecule has 0 saturated heterocycles. The lowest BCUT2D eigenvalue weighted by Crippen LogP contribution is -2.60. The second-order valence-electron chi connectivity index (χ2n) is 13.0. The number of aromatic nitrogens is 2. The standard InChI is InChI=1S/C32H43ClN6O2/c33-28-4-2-1-3-23(28)18-36-31-37-19-26(16-34)30(39-31)38-20-32-13-22-11-24(14-32)29(25(12-22)15-32)35-17-21-5-7-27(8-6-21)41-10-9-40/h1-4,19,21-22,24-25,27,29,35,40H,5-15,17-18,20H2,(H2,36,37,38,39)/t21?,22?,24-,25+,27?,29?,32?. The minimum absolute atomic E-state index is 0.116. The van der Waals surface area contributed by atoms with Crippen LogP contribution in [-0.4, -0.2) is 53.5 Å². The summed E-state index contributed by atoms with van der Waals surface area (Å²) in [5, 5.41) is 30.4. The molecular weight excluding hydrogens is 536 g/mol. The van der Waals surface area contributed by atoms with Crippen molar-refractivity contribution < 1.29 is 9.84 Å². The number of benzene rings is 1. The van der Waals surface area contributed by atoms with E-state index in [2.05, 4.69) is 27.0 Å². The van der Waals surface area contributed by atoms with Crippen LogP contribution in [0.4, 0.5) is 11.8 Å². The van der Waals surface area contributed by atoms with Gasteiger partial charge < -0.3 is 25.8 Å². The Morgan fingerprint density at radius 2 is 1.85 bits per heavy atom. The van der Waals surface area contributed by atoms with Crippen LogP contribution in [0.1, 0.15) is 68.9 Å². The van der Waals surface area contributed by atoms with Gasteiger partial charge in [0.1, 0.15) is 17.5 Å². The molecule has 2 aromatic rings. The van der Waals surface area contributed by atoms with E-state index >= 15 is 0 Å². The van der Waals surface area contributed by atoms with Crippen LogP contribution in [0.5, 0.6) is 0 Å². The molecule has 0 aliphatic heterocycles. The van der Waals surface area contributed by atoms with Crippen molar-refractivity contribution in [3.8, 4) is 6.07 Å². The molecule has 0 radical (unpaired) electrons. The molecule has 4 bridgehead atoms. The number of hydrogen-bond donors (Lipinski definition) is 4. The number of aliphatic hydroxyl groups is 1. The molecule has 7 rings (SSSR count). The quantitative estimate of drug-likeness (QED) is 0.265. The van der Waals surface area contributed by atoms with E-state index in [0.717, 1.165) is 55.2 Å². The first kappa shape index (κ1) is 28.7. The Bertz CT molecular complexity index is 1210. The summed E-state index contributed by atoms with van der Waals surface area (Å²) in [6, 6.07) is 10.6. The number of ether oxygens (including phenoxy) is 1. The Balaban J connectivity index is 1.04.